The molecule has 1 atom stereocenters. The maximum absolute atomic E-state index is 12.9. The largest absolute Gasteiger partial charge is 0.434 e. The summed E-state index contributed by atoms with van der Waals surface area (Å²) in [5.74, 6) is 0.616. The first-order chi connectivity index (χ1) is 13.9. The number of halogens is 2. The Labute approximate surface area is 167 Å². The third-order valence-corrected chi connectivity index (χ3v) is 5.09. The van der Waals surface area contributed by atoms with Gasteiger partial charge in [-0.25, -0.2) is 0 Å². The van der Waals surface area contributed by atoms with Gasteiger partial charge in [0.2, 0.25) is 5.95 Å². The molecule has 7 nitrogen and oxygen atoms in total. The van der Waals surface area contributed by atoms with E-state index in [9.17, 15) is 8.78 Å². The summed E-state index contributed by atoms with van der Waals surface area (Å²) in [5, 5.41) is 16.7. The van der Waals surface area contributed by atoms with Gasteiger partial charge in [-0.05, 0) is 64.0 Å². The van der Waals surface area contributed by atoms with E-state index in [4.69, 9.17) is 4.74 Å². The lowest BCUT2D eigenvalue weighted by molar-refractivity contribution is -0.0494. The summed E-state index contributed by atoms with van der Waals surface area (Å²) in [4.78, 5) is 2.27. The number of piperidine rings is 1. The number of ether oxygens (including phenoxy) is 1. The van der Waals surface area contributed by atoms with Crippen LogP contribution in [0.2, 0.25) is 0 Å². The molecule has 1 aliphatic rings. The smallest absolute Gasteiger partial charge is 0.387 e. The van der Waals surface area contributed by atoms with Crippen LogP contribution in [0.25, 0.3) is 16.8 Å². The molecule has 4 rings (SSSR count). The second-order valence-electron chi connectivity index (χ2n) is 7.58. The van der Waals surface area contributed by atoms with Crippen LogP contribution in [0.5, 0.6) is 5.75 Å². The van der Waals surface area contributed by atoms with Crippen molar-refractivity contribution in [2.24, 2.45) is 0 Å². The predicted octanol–water partition coefficient (Wildman–Crippen LogP) is 3.52. The van der Waals surface area contributed by atoms with Crippen LogP contribution in [0, 0.1) is 13.8 Å². The Hall–Kier alpha value is -2.81. The van der Waals surface area contributed by atoms with Gasteiger partial charge in [0.15, 0.2) is 0 Å². The summed E-state index contributed by atoms with van der Waals surface area (Å²) in [5.41, 5.74) is 3.20. The van der Waals surface area contributed by atoms with E-state index in [1.54, 1.807) is 16.6 Å². The van der Waals surface area contributed by atoms with Crippen molar-refractivity contribution in [2.45, 2.75) is 39.3 Å². The first-order valence-corrected chi connectivity index (χ1v) is 9.64. The highest BCUT2D eigenvalue weighted by atomic mass is 19.3. The molecule has 0 saturated carbocycles. The summed E-state index contributed by atoms with van der Waals surface area (Å²) in [6.07, 6.45) is 2.15. The molecule has 0 aliphatic carbocycles. The number of aromatic nitrogens is 4. The molecule has 0 spiro atoms. The molecule has 154 valence electrons. The number of hydrogen-bond acceptors (Lipinski definition) is 6. The van der Waals surface area contributed by atoms with E-state index < -0.39 is 6.61 Å². The van der Waals surface area contributed by atoms with Crippen LogP contribution < -0.4 is 10.1 Å². The minimum Gasteiger partial charge on any atom is -0.434 e. The van der Waals surface area contributed by atoms with Crippen molar-refractivity contribution in [3.05, 3.63) is 35.5 Å². The van der Waals surface area contributed by atoms with Crippen LogP contribution in [-0.2, 0) is 0 Å². The lowest BCUT2D eigenvalue weighted by atomic mass is 10.1. The van der Waals surface area contributed by atoms with Gasteiger partial charge in [0.25, 0.3) is 0 Å². The highest BCUT2D eigenvalue weighted by Crippen LogP contribution is 2.34. The molecule has 2 aromatic heterocycles. The molecule has 0 amide bonds. The molecule has 0 unspecified atom stereocenters. The Kier molecular flexibility index (Phi) is 5.31. The Morgan fingerprint density at radius 2 is 2.03 bits per heavy atom. The number of alkyl halides is 2. The van der Waals surface area contributed by atoms with Crippen LogP contribution in [-0.4, -0.2) is 57.5 Å². The molecule has 0 radical (unpaired) electrons. The molecule has 1 aliphatic heterocycles. The molecular weight excluding hydrogens is 378 g/mol. The van der Waals surface area contributed by atoms with E-state index in [1.807, 2.05) is 26.0 Å². The molecule has 0 bridgehead atoms. The van der Waals surface area contributed by atoms with Gasteiger partial charge >= 0.3 is 6.61 Å². The first-order valence-electron chi connectivity index (χ1n) is 9.64. The average Bonchev–Trinajstić information content (AvgIpc) is 3.04. The standard InChI is InChI=1S/C20H24F2N6O/c1-12-6-7-15(17(9-12)29-19(21)22)18-16-10-13(2)26-28(16)20(25-24-18)23-14-5-4-8-27(3)11-14/h6-7,9-10,14,19H,4-5,8,11H2,1-3H3,(H,23,25)/t14-/m1/s1. The number of aryl methyl sites for hydroxylation is 2. The lowest BCUT2D eigenvalue weighted by Gasteiger charge is -2.30. The number of likely N-dealkylation sites (tertiary alicyclic amines) is 1. The van der Waals surface area contributed by atoms with Crippen molar-refractivity contribution in [1.29, 1.82) is 0 Å². The molecule has 1 saturated heterocycles. The Morgan fingerprint density at radius 3 is 2.79 bits per heavy atom. The molecule has 29 heavy (non-hydrogen) atoms. The van der Waals surface area contributed by atoms with Crippen molar-refractivity contribution in [1.82, 2.24) is 24.7 Å². The molecule has 1 fully saturated rings. The van der Waals surface area contributed by atoms with Crippen molar-refractivity contribution >= 4 is 11.5 Å². The molecule has 3 heterocycles. The molecule has 9 heteroatoms. The van der Waals surface area contributed by atoms with Gasteiger partial charge < -0.3 is 15.0 Å². The second-order valence-corrected chi connectivity index (χ2v) is 7.58. The maximum Gasteiger partial charge on any atom is 0.387 e. The predicted molar refractivity (Wildman–Crippen MR) is 106 cm³/mol. The third kappa shape index (κ3) is 4.14. The monoisotopic (exact) mass is 402 g/mol. The van der Waals surface area contributed by atoms with Crippen molar-refractivity contribution in [3.63, 3.8) is 0 Å². The fraction of sp³-hybridized carbons (Fsp3) is 0.450. The molecule has 1 aromatic carbocycles. The number of likely N-dealkylation sites (N-methyl/N-ethyl adjacent to an activating group) is 1. The third-order valence-electron chi connectivity index (χ3n) is 5.09. The minimum atomic E-state index is -2.92. The fourth-order valence-electron chi connectivity index (χ4n) is 3.79. The van der Waals surface area contributed by atoms with Gasteiger partial charge in [0.05, 0.1) is 11.2 Å². The highest BCUT2D eigenvalue weighted by Gasteiger charge is 2.22. The number of fused-ring (bicyclic) bond motifs is 1. The quantitative estimate of drug-likeness (QED) is 0.704. The topological polar surface area (TPSA) is 67.6 Å². The van der Waals surface area contributed by atoms with Gasteiger partial charge in [-0.2, -0.15) is 18.4 Å². The Bertz CT molecular complexity index is 1020. The van der Waals surface area contributed by atoms with Crippen LogP contribution in [0.1, 0.15) is 24.1 Å². The first kappa shape index (κ1) is 19.5. The number of rotatable bonds is 5. The minimum absolute atomic E-state index is 0.0738. The van der Waals surface area contributed by atoms with E-state index in [-0.39, 0.29) is 11.8 Å². The summed E-state index contributed by atoms with van der Waals surface area (Å²) >= 11 is 0. The van der Waals surface area contributed by atoms with Crippen molar-refractivity contribution in [3.8, 4) is 17.0 Å². The number of anilines is 1. The van der Waals surface area contributed by atoms with E-state index in [0.717, 1.165) is 37.2 Å². The Morgan fingerprint density at radius 1 is 1.21 bits per heavy atom. The Balaban J connectivity index is 1.76. The summed E-state index contributed by atoms with van der Waals surface area (Å²) in [6.45, 7) is 2.77. The lowest BCUT2D eigenvalue weighted by Crippen LogP contribution is -2.40. The fourth-order valence-corrected chi connectivity index (χ4v) is 3.79. The van der Waals surface area contributed by atoms with E-state index in [0.29, 0.717) is 22.7 Å². The average molecular weight is 402 g/mol. The summed E-state index contributed by atoms with van der Waals surface area (Å²) in [7, 11) is 2.10. The van der Waals surface area contributed by atoms with Crippen LogP contribution in [0.4, 0.5) is 14.7 Å². The van der Waals surface area contributed by atoms with Gasteiger partial charge in [0, 0.05) is 18.2 Å². The van der Waals surface area contributed by atoms with E-state index in [2.05, 4.69) is 32.6 Å². The zero-order valence-corrected chi connectivity index (χ0v) is 16.7. The van der Waals surface area contributed by atoms with Crippen LogP contribution in [0.15, 0.2) is 24.3 Å². The number of benzene rings is 1. The SMILES string of the molecule is Cc1ccc(-c2nnc(N[C@@H]3CCCN(C)C3)n3nc(C)cc23)c(OC(F)F)c1. The summed E-state index contributed by atoms with van der Waals surface area (Å²) in [6, 6.07) is 7.25. The zero-order chi connectivity index (χ0) is 20.5. The van der Waals surface area contributed by atoms with Crippen LogP contribution >= 0.6 is 0 Å². The van der Waals surface area contributed by atoms with Gasteiger partial charge in [0.1, 0.15) is 11.4 Å². The number of hydrogen-bond donors (Lipinski definition) is 1. The second kappa shape index (κ2) is 7.90. The molecule has 1 N–H and O–H groups in total. The normalized spacial score (nSPS) is 17.8. The molecule has 3 aromatic rings. The van der Waals surface area contributed by atoms with Crippen LogP contribution in [0.3, 0.4) is 0 Å². The van der Waals surface area contributed by atoms with E-state index >= 15 is 0 Å². The number of nitrogens with zero attached hydrogens (tertiary/aromatic N) is 5. The number of nitrogens with one attached hydrogen (secondary N) is 1. The van der Waals surface area contributed by atoms with Gasteiger partial charge in [-0.15, -0.1) is 10.2 Å². The van der Waals surface area contributed by atoms with Crippen molar-refractivity contribution < 1.29 is 13.5 Å². The van der Waals surface area contributed by atoms with Gasteiger partial charge in [-0.3, -0.25) is 0 Å². The maximum atomic E-state index is 12.9. The summed E-state index contributed by atoms with van der Waals surface area (Å²) < 4.78 is 32.3. The van der Waals surface area contributed by atoms with E-state index in [1.165, 1.54) is 0 Å². The molecular formula is C20H24F2N6O. The van der Waals surface area contributed by atoms with Crippen molar-refractivity contribution in [2.75, 3.05) is 25.5 Å². The highest BCUT2D eigenvalue weighted by molar-refractivity contribution is 5.81. The zero-order valence-electron chi connectivity index (χ0n) is 16.7. The van der Waals surface area contributed by atoms with Gasteiger partial charge in [-0.1, -0.05) is 6.07 Å².